The Morgan fingerprint density at radius 1 is 1.06 bits per heavy atom. The second-order valence-electron chi connectivity index (χ2n) is 7.75. The summed E-state index contributed by atoms with van der Waals surface area (Å²) in [7, 11) is 1.52. The lowest BCUT2D eigenvalue weighted by Gasteiger charge is -2.11. The van der Waals surface area contributed by atoms with Gasteiger partial charge in [0.25, 0.3) is 5.91 Å². The number of aromatic nitrogens is 5. The number of rotatable bonds is 7. The Kier molecular flexibility index (Phi) is 7.59. The molecule has 1 amide bonds. The molecule has 2 heterocycles. The number of nitrogens with zero attached hydrogens (tertiary/aromatic N) is 5. The quantitative estimate of drug-likeness (QED) is 0.237. The fourth-order valence-electron chi connectivity index (χ4n) is 3.38. The van der Waals surface area contributed by atoms with E-state index in [0.717, 1.165) is 17.0 Å². The van der Waals surface area contributed by atoms with Gasteiger partial charge in [0.15, 0.2) is 10.9 Å². The van der Waals surface area contributed by atoms with Crippen molar-refractivity contribution >= 4 is 46.6 Å². The summed E-state index contributed by atoms with van der Waals surface area (Å²) in [5.74, 6) is 0.364. The molecular formula is C24H22Cl2N6O2S. The van der Waals surface area contributed by atoms with Crippen LogP contribution in [0.5, 0.6) is 5.75 Å². The molecule has 11 heteroatoms. The van der Waals surface area contributed by atoms with Gasteiger partial charge in [-0.1, -0.05) is 46.2 Å². The van der Waals surface area contributed by atoms with Crippen molar-refractivity contribution in [1.29, 1.82) is 0 Å². The van der Waals surface area contributed by atoms with Gasteiger partial charge < -0.3 is 10.1 Å². The van der Waals surface area contributed by atoms with Crippen molar-refractivity contribution in [1.82, 2.24) is 25.0 Å². The Morgan fingerprint density at radius 2 is 1.80 bits per heavy atom. The Labute approximate surface area is 217 Å². The molecule has 0 aliphatic rings. The van der Waals surface area contributed by atoms with Crippen molar-refractivity contribution < 1.29 is 9.53 Å². The molecule has 0 saturated carbocycles. The Bertz CT molecular complexity index is 1390. The monoisotopic (exact) mass is 528 g/mol. The van der Waals surface area contributed by atoms with Gasteiger partial charge in [0.1, 0.15) is 5.75 Å². The van der Waals surface area contributed by atoms with E-state index in [1.807, 2.05) is 39.0 Å². The molecule has 0 unspecified atom stereocenters. The molecule has 1 N–H and O–H groups in total. The number of benzene rings is 2. The normalized spacial score (nSPS) is 10.9. The van der Waals surface area contributed by atoms with E-state index in [2.05, 4.69) is 25.6 Å². The minimum Gasteiger partial charge on any atom is -0.495 e. The zero-order valence-corrected chi connectivity index (χ0v) is 21.8. The Hall–Kier alpha value is -3.14. The number of hydrogen-bond donors (Lipinski definition) is 1. The van der Waals surface area contributed by atoms with Crippen LogP contribution in [0.3, 0.4) is 0 Å². The predicted octanol–water partition coefficient (Wildman–Crippen LogP) is 5.84. The molecule has 0 bridgehead atoms. The molecule has 0 saturated heterocycles. The number of methoxy groups -OCH3 is 1. The summed E-state index contributed by atoms with van der Waals surface area (Å²) in [6, 6.07) is 12.4. The molecule has 0 radical (unpaired) electrons. The van der Waals surface area contributed by atoms with Gasteiger partial charge in [-0.2, -0.15) is 0 Å². The van der Waals surface area contributed by atoms with Crippen LogP contribution >= 0.6 is 35.0 Å². The number of hydrogen-bond acceptors (Lipinski definition) is 7. The number of thioether (sulfide) groups is 1. The summed E-state index contributed by atoms with van der Waals surface area (Å²) >= 11 is 13.9. The van der Waals surface area contributed by atoms with Crippen LogP contribution < -0.4 is 10.1 Å². The van der Waals surface area contributed by atoms with Crippen molar-refractivity contribution in [3.05, 3.63) is 80.8 Å². The number of anilines is 1. The number of nitrogens with one attached hydrogen (secondary N) is 1. The zero-order valence-electron chi connectivity index (χ0n) is 19.5. The third kappa shape index (κ3) is 5.75. The summed E-state index contributed by atoms with van der Waals surface area (Å²) in [4.78, 5) is 22.3. The smallest absolute Gasteiger partial charge is 0.278 e. The van der Waals surface area contributed by atoms with E-state index in [0.29, 0.717) is 43.8 Å². The number of carbonyl (C=O) groups is 1. The molecule has 0 atom stereocenters. The van der Waals surface area contributed by atoms with Crippen LogP contribution in [0.4, 0.5) is 5.69 Å². The number of ether oxygens (including phenoxy) is 1. The molecule has 0 aliphatic heterocycles. The Balaban J connectivity index is 1.72. The number of amides is 1. The van der Waals surface area contributed by atoms with Gasteiger partial charge in [0.05, 0.1) is 24.2 Å². The van der Waals surface area contributed by atoms with Crippen LogP contribution in [0.25, 0.3) is 5.69 Å². The van der Waals surface area contributed by atoms with E-state index in [9.17, 15) is 4.79 Å². The minimum absolute atomic E-state index is 0.153. The molecule has 4 aromatic rings. The van der Waals surface area contributed by atoms with Crippen molar-refractivity contribution in [3.63, 3.8) is 0 Å². The predicted molar refractivity (Wildman–Crippen MR) is 138 cm³/mol. The van der Waals surface area contributed by atoms with Crippen molar-refractivity contribution in [2.45, 2.75) is 31.7 Å². The van der Waals surface area contributed by atoms with E-state index in [1.165, 1.54) is 18.9 Å². The van der Waals surface area contributed by atoms with E-state index in [4.69, 9.17) is 27.9 Å². The van der Waals surface area contributed by atoms with Gasteiger partial charge in [0.2, 0.25) is 0 Å². The first-order chi connectivity index (χ1) is 16.7. The fraction of sp³-hybridized carbons (Fsp3) is 0.208. The number of aryl methyl sites for hydroxylation is 3. The molecule has 0 fully saturated rings. The van der Waals surface area contributed by atoms with Gasteiger partial charge in [-0.25, -0.2) is 14.6 Å². The third-order valence-electron chi connectivity index (χ3n) is 5.09. The van der Waals surface area contributed by atoms with Crippen LogP contribution in [0.2, 0.25) is 10.0 Å². The summed E-state index contributed by atoms with van der Waals surface area (Å²) in [5.41, 5.74) is 4.49. The summed E-state index contributed by atoms with van der Waals surface area (Å²) in [5, 5.41) is 12.9. The number of carbonyl (C=O) groups excluding carboxylic acids is 1. The van der Waals surface area contributed by atoms with Gasteiger partial charge in [-0.3, -0.25) is 4.79 Å². The largest absolute Gasteiger partial charge is 0.495 e. The third-order valence-corrected chi connectivity index (χ3v) is 6.59. The van der Waals surface area contributed by atoms with E-state index < -0.39 is 5.91 Å². The lowest BCUT2D eigenvalue weighted by molar-refractivity contribution is 0.102. The highest BCUT2D eigenvalue weighted by Gasteiger charge is 2.23. The first kappa shape index (κ1) is 25.0. The second kappa shape index (κ2) is 10.6. The lowest BCUT2D eigenvalue weighted by Crippen LogP contribution is -2.16. The molecule has 180 valence electrons. The van der Waals surface area contributed by atoms with Crippen molar-refractivity contribution in [2.75, 3.05) is 12.4 Å². The highest BCUT2D eigenvalue weighted by molar-refractivity contribution is 7.98. The molecule has 0 spiro atoms. The van der Waals surface area contributed by atoms with Crippen LogP contribution in [0, 0.1) is 20.8 Å². The summed E-state index contributed by atoms with van der Waals surface area (Å²) < 4.78 is 6.95. The van der Waals surface area contributed by atoms with E-state index in [-0.39, 0.29) is 5.69 Å². The highest BCUT2D eigenvalue weighted by Crippen LogP contribution is 2.30. The van der Waals surface area contributed by atoms with Crippen LogP contribution in [-0.4, -0.2) is 38.0 Å². The van der Waals surface area contributed by atoms with Crippen molar-refractivity contribution in [2.24, 2.45) is 0 Å². The summed E-state index contributed by atoms with van der Waals surface area (Å²) in [6.07, 6.45) is 0. The first-order valence-corrected chi connectivity index (χ1v) is 12.3. The maximum Gasteiger partial charge on any atom is 0.278 e. The van der Waals surface area contributed by atoms with Gasteiger partial charge >= 0.3 is 0 Å². The fourth-order valence-corrected chi connectivity index (χ4v) is 4.67. The maximum absolute atomic E-state index is 13.3. The molecule has 2 aromatic heterocycles. The zero-order chi connectivity index (χ0) is 25.1. The molecular weight excluding hydrogens is 507 g/mol. The van der Waals surface area contributed by atoms with Gasteiger partial charge in [0, 0.05) is 27.2 Å². The molecule has 8 nitrogen and oxygen atoms in total. The van der Waals surface area contributed by atoms with E-state index >= 15 is 0 Å². The lowest BCUT2D eigenvalue weighted by atomic mass is 10.2. The maximum atomic E-state index is 13.3. The highest BCUT2D eigenvalue weighted by atomic mass is 35.5. The summed E-state index contributed by atoms with van der Waals surface area (Å²) in [6.45, 7) is 5.74. The SMILES string of the molecule is COc1ccc(Cl)cc1NC(=O)c1nnn(-c2ccc(C)c(Cl)c2)c1CSc1nc(C)cc(C)n1. The number of halogens is 2. The van der Waals surface area contributed by atoms with E-state index in [1.54, 1.807) is 28.9 Å². The minimum atomic E-state index is -0.452. The molecule has 0 aliphatic carbocycles. The van der Waals surface area contributed by atoms with Gasteiger partial charge in [-0.15, -0.1) is 5.10 Å². The average molecular weight is 529 g/mol. The standard InChI is InChI=1S/C24H22Cl2N6O2S/c1-13-5-7-17(11-18(13)26)32-20(12-35-24-27-14(2)9-15(3)28-24)22(30-31-32)23(33)29-19-10-16(25)6-8-21(19)34-4/h5-11H,12H2,1-4H3,(H,29,33). The van der Waals surface area contributed by atoms with Gasteiger partial charge in [-0.05, 0) is 62.7 Å². The van der Waals surface area contributed by atoms with Crippen LogP contribution in [-0.2, 0) is 5.75 Å². The van der Waals surface area contributed by atoms with Crippen LogP contribution in [0.15, 0.2) is 47.6 Å². The second-order valence-corrected chi connectivity index (χ2v) is 9.54. The molecule has 2 aromatic carbocycles. The Morgan fingerprint density at radius 3 is 2.49 bits per heavy atom. The van der Waals surface area contributed by atoms with Crippen LogP contribution in [0.1, 0.15) is 33.1 Å². The molecule has 4 rings (SSSR count). The topological polar surface area (TPSA) is 94.8 Å². The van der Waals surface area contributed by atoms with Crippen molar-refractivity contribution in [3.8, 4) is 11.4 Å². The molecule has 35 heavy (non-hydrogen) atoms. The average Bonchev–Trinajstić information content (AvgIpc) is 3.23. The first-order valence-electron chi connectivity index (χ1n) is 10.6.